The lowest BCUT2D eigenvalue weighted by molar-refractivity contribution is 0.302. The Balaban J connectivity index is 2.46. The minimum Gasteiger partial charge on any atom is -0.339 e. The van der Waals surface area contributed by atoms with E-state index in [1.54, 1.807) is 0 Å². The van der Waals surface area contributed by atoms with Crippen LogP contribution in [0.25, 0.3) is 0 Å². The molecule has 17 heavy (non-hydrogen) atoms. The van der Waals surface area contributed by atoms with Crippen LogP contribution in [-0.4, -0.2) is 40.2 Å². The molecule has 5 heteroatoms. The molecule has 0 aliphatic carbocycles. The molecule has 98 valence electrons. The molecule has 0 aromatic carbocycles. The molecule has 0 atom stereocenters. The molecular formula is C12H24N4O. The van der Waals surface area contributed by atoms with Gasteiger partial charge in [-0.2, -0.15) is 4.98 Å². The monoisotopic (exact) mass is 240 g/mol. The summed E-state index contributed by atoms with van der Waals surface area (Å²) in [5, 5.41) is 3.97. The topological polar surface area (TPSA) is 68.2 Å². The third-order valence-corrected chi connectivity index (χ3v) is 2.66. The number of likely N-dealkylation sites (N-methyl/N-ethyl adjacent to an activating group) is 1. The van der Waals surface area contributed by atoms with Crippen molar-refractivity contribution in [2.45, 2.75) is 46.1 Å². The normalized spacial score (nSPS) is 12.4. The number of rotatable bonds is 7. The van der Waals surface area contributed by atoms with Gasteiger partial charge < -0.3 is 15.2 Å². The zero-order valence-corrected chi connectivity index (χ0v) is 11.4. The average Bonchev–Trinajstić information content (AvgIpc) is 2.64. The van der Waals surface area contributed by atoms with E-state index in [-0.39, 0.29) is 5.54 Å². The van der Waals surface area contributed by atoms with Gasteiger partial charge in [-0.15, -0.1) is 0 Å². The third kappa shape index (κ3) is 5.28. The fourth-order valence-electron chi connectivity index (χ4n) is 1.65. The summed E-state index contributed by atoms with van der Waals surface area (Å²) in [5.41, 5.74) is 5.60. The van der Waals surface area contributed by atoms with Gasteiger partial charge in [0.25, 0.3) is 0 Å². The fraction of sp³-hybridized carbons (Fsp3) is 0.833. The Bertz CT molecular complexity index is 325. The van der Waals surface area contributed by atoms with Crippen LogP contribution in [0.2, 0.25) is 0 Å². The molecule has 0 saturated carbocycles. The van der Waals surface area contributed by atoms with Crippen LogP contribution in [0, 0.1) is 0 Å². The van der Waals surface area contributed by atoms with Gasteiger partial charge >= 0.3 is 0 Å². The van der Waals surface area contributed by atoms with Crippen molar-refractivity contribution in [3.05, 3.63) is 11.7 Å². The Morgan fingerprint density at radius 1 is 1.29 bits per heavy atom. The molecule has 0 fully saturated rings. The van der Waals surface area contributed by atoms with E-state index in [1.165, 1.54) is 0 Å². The molecule has 0 aliphatic heterocycles. The molecule has 1 aromatic heterocycles. The smallest absolute Gasteiger partial charge is 0.228 e. The Morgan fingerprint density at radius 2 is 1.94 bits per heavy atom. The summed E-state index contributed by atoms with van der Waals surface area (Å²) in [4.78, 5) is 6.69. The maximum atomic E-state index is 5.91. The lowest BCUT2D eigenvalue weighted by Gasteiger charge is -2.16. The van der Waals surface area contributed by atoms with Crippen LogP contribution in [0.4, 0.5) is 0 Å². The van der Waals surface area contributed by atoms with Gasteiger partial charge in [-0.05, 0) is 26.9 Å². The molecular weight excluding hydrogens is 216 g/mol. The first-order valence-corrected chi connectivity index (χ1v) is 6.27. The highest BCUT2D eigenvalue weighted by Crippen LogP contribution is 2.08. The average molecular weight is 240 g/mol. The Labute approximate surface area is 103 Å². The number of hydrogen-bond acceptors (Lipinski definition) is 5. The van der Waals surface area contributed by atoms with Gasteiger partial charge in [0.1, 0.15) is 0 Å². The molecule has 1 heterocycles. The van der Waals surface area contributed by atoms with E-state index in [1.807, 2.05) is 13.8 Å². The molecule has 0 aliphatic rings. The number of aromatic nitrogens is 2. The van der Waals surface area contributed by atoms with Gasteiger partial charge in [0.05, 0.1) is 0 Å². The van der Waals surface area contributed by atoms with Gasteiger partial charge in [0.2, 0.25) is 5.89 Å². The summed E-state index contributed by atoms with van der Waals surface area (Å²) in [6.07, 6.45) is 1.45. The van der Waals surface area contributed by atoms with Gasteiger partial charge in [0, 0.05) is 24.9 Å². The minimum absolute atomic E-state index is 0.303. The van der Waals surface area contributed by atoms with E-state index >= 15 is 0 Å². The summed E-state index contributed by atoms with van der Waals surface area (Å²) < 4.78 is 5.18. The first kappa shape index (κ1) is 14.1. The van der Waals surface area contributed by atoms with Gasteiger partial charge in [-0.3, -0.25) is 0 Å². The van der Waals surface area contributed by atoms with Crippen LogP contribution < -0.4 is 5.73 Å². The van der Waals surface area contributed by atoms with Crippen LogP contribution in [0.5, 0.6) is 0 Å². The molecule has 1 aromatic rings. The first-order chi connectivity index (χ1) is 7.94. The number of hydrogen-bond donors (Lipinski definition) is 1. The summed E-state index contributed by atoms with van der Waals surface area (Å²) in [6, 6.07) is 0. The van der Waals surface area contributed by atoms with Gasteiger partial charge in [-0.25, -0.2) is 0 Å². The van der Waals surface area contributed by atoms with E-state index in [4.69, 9.17) is 10.3 Å². The lowest BCUT2D eigenvalue weighted by Crippen LogP contribution is -2.34. The van der Waals surface area contributed by atoms with Crippen molar-refractivity contribution in [3.8, 4) is 0 Å². The van der Waals surface area contributed by atoms with Crippen LogP contribution in [0.15, 0.2) is 4.52 Å². The zero-order valence-electron chi connectivity index (χ0n) is 11.4. The Hall–Kier alpha value is -0.940. The predicted octanol–water partition coefficient (Wildman–Crippen LogP) is 1.23. The van der Waals surface area contributed by atoms with Crippen LogP contribution in [0.3, 0.4) is 0 Å². The second-order valence-electron chi connectivity index (χ2n) is 5.05. The Morgan fingerprint density at radius 3 is 2.47 bits per heavy atom. The first-order valence-electron chi connectivity index (χ1n) is 6.27. The molecule has 2 N–H and O–H groups in total. The quantitative estimate of drug-likeness (QED) is 0.776. The molecule has 0 bridgehead atoms. The minimum atomic E-state index is -0.303. The molecule has 0 radical (unpaired) electrons. The Kier molecular flexibility index (Phi) is 5.08. The van der Waals surface area contributed by atoms with E-state index in [9.17, 15) is 0 Å². The molecule has 0 unspecified atom stereocenters. The van der Waals surface area contributed by atoms with Crippen molar-refractivity contribution in [1.29, 1.82) is 0 Å². The van der Waals surface area contributed by atoms with E-state index in [0.29, 0.717) is 12.3 Å². The molecule has 1 rings (SSSR count). The van der Waals surface area contributed by atoms with Gasteiger partial charge in [-0.1, -0.05) is 19.0 Å². The fourth-order valence-corrected chi connectivity index (χ4v) is 1.65. The second kappa shape index (κ2) is 6.12. The van der Waals surface area contributed by atoms with Gasteiger partial charge in [0.15, 0.2) is 5.82 Å². The lowest BCUT2D eigenvalue weighted by atomic mass is 10.0. The van der Waals surface area contributed by atoms with Crippen LogP contribution in [0.1, 0.15) is 39.4 Å². The number of nitrogens with zero attached hydrogens (tertiary/aromatic N) is 3. The van der Waals surface area contributed by atoms with Crippen molar-refractivity contribution < 1.29 is 4.52 Å². The van der Waals surface area contributed by atoms with E-state index in [2.05, 4.69) is 28.9 Å². The summed E-state index contributed by atoms with van der Waals surface area (Å²) in [5.74, 6) is 1.41. The summed E-state index contributed by atoms with van der Waals surface area (Å²) in [7, 11) is 0. The van der Waals surface area contributed by atoms with Crippen LogP contribution in [-0.2, 0) is 12.8 Å². The van der Waals surface area contributed by atoms with Crippen molar-refractivity contribution in [3.63, 3.8) is 0 Å². The highest BCUT2D eigenvalue weighted by Gasteiger charge is 2.17. The maximum Gasteiger partial charge on any atom is 0.228 e. The van der Waals surface area contributed by atoms with Crippen molar-refractivity contribution >= 4 is 0 Å². The largest absolute Gasteiger partial charge is 0.339 e. The molecule has 0 saturated heterocycles. The summed E-state index contributed by atoms with van der Waals surface area (Å²) in [6.45, 7) is 11.3. The van der Waals surface area contributed by atoms with Crippen molar-refractivity contribution in [2.75, 3.05) is 19.6 Å². The second-order valence-corrected chi connectivity index (χ2v) is 5.05. The molecule has 5 nitrogen and oxygen atoms in total. The number of nitrogens with two attached hydrogens (primary N) is 1. The third-order valence-electron chi connectivity index (χ3n) is 2.66. The summed E-state index contributed by atoms with van der Waals surface area (Å²) >= 11 is 0. The van der Waals surface area contributed by atoms with E-state index < -0.39 is 0 Å². The molecule has 0 spiro atoms. The van der Waals surface area contributed by atoms with Crippen molar-refractivity contribution in [2.24, 2.45) is 5.73 Å². The van der Waals surface area contributed by atoms with Crippen LogP contribution >= 0.6 is 0 Å². The highest BCUT2D eigenvalue weighted by atomic mass is 16.5. The molecule has 0 amide bonds. The standard InChI is InChI=1S/C12H24N4O/c1-5-16(6-2)8-7-10-14-11(17-15-10)9-12(3,4)13/h5-9,13H2,1-4H3. The highest BCUT2D eigenvalue weighted by molar-refractivity contribution is 4.92. The van der Waals surface area contributed by atoms with Crippen molar-refractivity contribution in [1.82, 2.24) is 15.0 Å². The van der Waals surface area contributed by atoms with E-state index in [0.717, 1.165) is 31.9 Å². The maximum absolute atomic E-state index is 5.91. The SMILES string of the molecule is CCN(CC)CCc1noc(CC(C)(C)N)n1. The zero-order chi connectivity index (χ0) is 12.9. The predicted molar refractivity (Wildman–Crippen MR) is 67.8 cm³/mol.